The van der Waals surface area contributed by atoms with Gasteiger partial charge in [0.1, 0.15) is 11.6 Å². The maximum atomic E-state index is 12.5. The van der Waals surface area contributed by atoms with Crippen molar-refractivity contribution in [3.05, 3.63) is 57.3 Å². The molecule has 2 aromatic rings. The highest BCUT2D eigenvalue weighted by molar-refractivity contribution is 5.81. The molecule has 1 aromatic heterocycles. The van der Waals surface area contributed by atoms with E-state index in [1.54, 1.807) is 6.92 Å². The second-order valence-corrected chi connectivity index (χ2v) is 6.70. The molecule has 1 aliphatic carbocycles. The molecule has 3 rings (SSSR count). The molecule has 1 aliphatic rings. The van der Waals surface area contributed by atoms with Gasteiger partial charge in [-0.1, -0.05) is 13.0 Å². The molecule has 6 heteroatoms. The predicted octanol–water partition coefficient (Wildman–Crippen LogP) is 2.43. The summed E-state index contributed by atoms with van der Waals surface area (Å²) in [5.74, 6) is 0.955. The first-order chi connectivity index (χ1) is 12.5. The van der Waals surface area contributed by atoms with E-state index in [0.29, 0.717) is 17.9 Å². The van der Waals surface area contributed by atoms with Crippen LogP contribution < -0.4 is 15.6 Å². The number of carbonyl (C=O) groups excluding carboxylic acids is 1. The average molecular weight is 355 g/mol. The molecule has 6 nitrogen and oxygen atoms in total. The predicted molar refractivity (Wildman–Crippen MR) is 99.2 cm³/mol. The maximum Gasteiger partial charge on any atom is 0.261 e. The lowest BCUT2D eigenvalue weighted by Crippen LogP contribution is -2.38. The Hall–Kier alpha value is -2.63. The van der Waals surface area contributed by atoms with E-state index >= 15 is 0 Å². The number of fused-ring (bicyclic) bond motifs is 1. The largest absolute Gasteiger partial charge is 0.481 e. The van der Waals surface area contributed by atoms with Crippen LogP contribution in [-0.2, 0) is 24.2 Å². The van der Waals surface area contributed by atoms with Crippen molar-refractivity contribution in [2.24, 2.45) is 0 Å². The van der Waals surface area contributed by atoms with Gasteiger partial charge in [0.05, 0.1) is 6.54 Å². The summed E-state index contributed by atoms with van der Waals surface area (Å²) in [7, 11) is 0. The van der Waals surface area contributed by atoms with Crippen molar-refractivity contribution in [1.82, 2.24) is 15.3 Å². The fourth-order valence-corrected chi connectivity index (χ4v) is 3.28. The third-order valence-corrected chi connectivity index (χ3v) is 4.61. The third kappa shape index (κ3) is 4.50. The SMILES string of the molecule is CCC(Oc1ccc2c(c1)CCCC2)C(=O)NCc1nc(C)cc(=O)[nH]1. The van der Waals surface area contributed by atoms with Crippen molar-refractivity contribution < 1.29 is 9.53 Å². The Balaban J connectivity index is 1.62. The number of nitrogens with one attached hydrogen (secondary N) is 2. The Bertz CT molecular complexity index is 844. The van der Waals surface area contributed by atoms with Gasteiger partial charge in [-0.05, 0) is 62.3 Å². The van der Waals surface area contributed by atoms with Gasteiger partial charge in [-0.3, -0.25) is 9.59 Å². The summed E-state index contributed by atoms with van der Waals surface area (Å²) in [6.45, 7) is 3.82. The zero-order chi connectivity index (χ0) is 18.5. The van der Waals surface area contributed by atoms with Gasteiger partial charge < -0.3 is 15.0 Å². The smallest absolute Gasteiger partial charge is 0.261 e. The summed E-state index contributed by atoms with van der Waals surface area (Å²) >= 11 is 0. The number of aryl methyl sites for hydroxylation is 3. The molecule has 0 spiro atoms. The molecular weight excluding hydrogens is 330 g/mol. The van der Waals surface area contributed by atoms with Crippen molar-refractivity contribution in [1.29, 1.82) is 0 Å². The normalized spacial score (nSPS) is 14.4. The highest BCUT2D eigenvalue weighted by atomic mass is 16.5. The Morgan fingerprint density at radius 1 is 1.27 bits per heavy atom. The maximum absolute atomic E-state index is 12.5. The first-order valence-electron chi connectivity index (χ1n) is 9.18. The van der Waals surface area contributed by atoms with Crippen molar-refractivity contribution in [2.75, 3.05) is 0 Å². The minimum Gasteiger partial charge on any atom is -0.481 e. The zero-order valence-corrected chi connectivity index (χ0v) is 15.3. The van der Waals surface area contributed by atoms with Gasteiger partial charge >= 0.3 is 0 Å². The van der Waals surface area contributed by atoms with Crippen LogP contribution in [0.25, 0.3) is 0 Å². The molecule has 2 N–H and O–H groups in total. The lowest BCUT2D eigenvalue weighted by molar-refractivity contribution is -0.128. The van der Waals surface area contributed by atoms with Crippen molar-refractivity contribution >= 4 is 5.91 Å². The van der Waals surface area contributed by atoms with Crippen LogP contribution in [0.3, 0.4) is 0 Å². The molecule has 0 aliphatic heterocycles. The fourth-order valence-electron chi connectivity index (χ4n) is 3.28. The van der Waals surface area contributed by atoms with E-state index in [1.165, 1.54) is 30.0 Å². The fraction of sp³-hybridized carbons (Fsp3) is 0.450. The monoisotopic (exact) mass is 355 g/mol. The first kappa shape index (κ1) is 18.2. The number of hydrogen-bond acceptors (Lipinski definition) is 4. The number of aromatic nitrogens is 2. The quantitative estimate of drug-likeness (QED) is 0.833. The minimum atomic E-state index is -0.576. The van der Waals surface area contributed by atoms with E-state index < -0.39 is 6.10 Å². The second kappa shape index (κ2) is 8.17. The molecule has 138 valence electrons. The molecule has 26 heavy (non-hydrogen) atoms. The Kier molecular flexibility index (Phi) is 5.71. The molecule has 1 atom stereocenters. The summed E-state index contributed by atoms with van der Waals surface area (Å²) in [5.41, 5.74) is 3.11. The molecule has 1 amide bonds. The van der Waals surface area contributed by atoms with Crippen LogP contribution in [0.4, 0.5) is 0 Å². The Morgan fingerprint density at radius 2 is 2.04 bits per heavy atom. The summed E-state index contributed by atoms with van der Waals surface area (Å²) < 4.78 is 5.92. The topological polar surface area (TPSA) is 84.1 Å². The van der Waals surface area contributed by atoms with Gasteiger partial charge in [0, 0.05) is 11.8 Å². The van der Waals surface area contributed by atoms with E-state index in [2.05, 4.69) is 27.4 Å². The van der Waals surface area contributed by atoms with Crippen LogP contribution in [0.2, 0.25) is 0 Å². The number of carbonyl (C=O) groups is 1. The molecule has 0 saturated carbocycles. The summed E-state index contributed by atoms with van der Waals surface area (Å²) in [4.78, 5) is 30.8. The van der Waals surface area contributed by atoms with Gasteiger partial charge in [0.15, 0.2) is 6.10 Å². The van der Waals surface area contributed by atoms with Crippen molar-refractivity contribution in [3.8, 4) is 5.75 Å². The molecule has 1 aromatic carbocycles. The van der Waals surface area contributed by atoms with Crippen LogP contribution in [-0.4, -0.2) is 22.0 Å². The van der Waals surface area contributed by atoms with E-state index in [1.807, 2.05) is 13.0 Å². The number of nitrogens with zero attached hydrogens (tertiary/aromatic N) is 1. The molecule has 1 unspecified atom stereocenters. The standard InChI is InChI=1S/C20H25N3O3/c1-3-17(20(25)21-12-18-22-13(2)10-19(24)23-18)26-16-9-8-14-6-4-5-7-15(14)11-16/h8-11,17H,3-7,12H2,1-2H3,(H,21,25)(H,22,23,24). The van der Waals surface area contributed by atoms with Gasteiger partial charge in [-0.25, -0.2) is 4.98 Å². The number of aromatic amines is 1. The van der Waals surface area contributed by atoms with Gasteiger partial charge in [-0.2, -0.15) is 0 Å². The number of rotatable bonds is 6. The zero-order valence-electron chi connectivity index (χ0n) is 15.3. The minimum absolute atomic E-state index is 0.166. The number of amides is 1. The first-order valence-corrected chi connectivity index (χ1v) is 9.18. The summed E-state index contributed by atoms with van der Waals surface area (Å²) in [6, 6.07) is 7.53. The van der Waals surface area contributed by atoms with Crippen molar-refractivity contribution in [2.45, 2.75) is 58.6 Å². The molecule has 0 fully saturated rings. The Morgan fingerprint density at radius 3 is 2.77 bits per heavy atom. The number of ether oxygens (including phenoxy) is 1. The summed E-state index contributed by atoms with van der Waals surface area (Å²) in [5, 5.41) is 2.79. The number of H-pyrrole nitrogens is 1. The van der Waals surface area contributed by atoms with Gasteiger partial charge in [0.2, 0.25) is 0 Å². The molecule has 1 heterocycles. The second-order valence-electron chi connectivity index (χ2n) is 6.70. The van der Waals surface area contributed by atoms with Crippen LogP contribution in [0.5, 0.6) is 5.75 Å². The molecule has 0 bridgehead atoms. The number of hydrogen-bond donors (Lipinski definition) is 2. The summed E-state index contributed by atoms with van der Waals surface area (Å²) in [6.07, 6.45) is 4.61. The van der Waals surface area contributed by atoms with E-state index in [0.717, 1.165) is 18.6 Å². The molecule has 0 radical (unpaired) electrons. The lowest BCUT2D eigenvalue weighted by atomic mass is 9.92. The van der Waals surface area contributed by atoms with Crippen LogP contribution in [0.1, 0.15) is 48.8 Å². The van der Waals surface area contributed by atoms with E-state index in [4.69, 9.17) is 4.74 Å². The highest BCUT2D eigenvalue weighted by Gasteiger charge is 2.19. The van der Waals surface area contributed by atoms with Crippen LogP contribution in [0, 0.1) is 6.92 Å². The van der Waals surface area contributed by atoms with E-state index in [-0.39, 0.29) is 18.0 Å². The van der Waals surface area contributed by atoms with E-state index in [9.17, 15) is 9.59 Å². The molecule has 0 saturated heterocycles. The number of benzene rings is 1. The Labute approximate surface area is 153 Å². The lowest BCUT2D eigenvalue weighted by Gasteiger charge is -2.20. The van der Waals surface area contributed by atoms with Crippen LogP contribution >= 0.6 is 0 Å². The average Bonchev–Trinajstić information content (AvgIpc) is 2.63. The van der Waals surface area contributed by atoms with Gasteiger partial charge in [-0.15, -0.1) is 0 Å². The highest BCUT2D eigenvalue weighted by Crippen LogP contribution is 2.26. The third-order valence-electron chi connectivity index (χ3n) is 4.61. The molecular formula is C20H25N3O3. The van der Waals surface area contributed by atoms with Crippen LogP contribution in [0.15, 0.2) is 29.1 Å². The van der Waals surface area contributed by atoms with Crippen molar-refractivity contribution in [3.63, 3.8) is 0 Å². The van der Waals surface area contributed by atoms with Gasteiger partial charge in [0.25, 0.3) is 11.5 Å².